The smallest absolute Gasteiger partial charge is 0.0980 e. The highest BCUT2D eigenvalue weighted by molar-refractivity contribution is 6.17. The van der Waals surface area contributed by atoms with E-state index in [4.69, 9.17) is 16.3 Å². The van der Waals surface area contributed by atoms with Crippen LogP contribution in [0.15, 0.2) is 42.5 Å². The largest absolute Gasteiger partial charge is 0.386 e. The Morgan fingerprint density at radius 3 is 2.72 bits per heavy atom. The molecule has 1 N–H and O–H groups in total. The van der Waals surface area contributed by atoms with Gasteiger partial charge in [0.15, 0.2) is 0 Å². The van der Waals surface area contributed by atoms with Gasteiger partial charge < -0.3 is 9.84 Å². The first kappa shape index (κ1) is 15.2. The Bertz CT molecular complexity index is 338. The molecule has 1 rings (SSSR count). The summed E-state index contributed by atoms with van der Waals surface area (Å²) >= 11 is 5.58. The molecule has 1 aromatic carbocycles. The summed E-state index contributed by atoms with van der Waals surface area (Å²) in [6.45, 7) is 2.40. The molecule has 0 bridgehead atoms. The van der Waals surface area contributed by atoms with Crippen molar-refractivity contribution in [3.63, 3.8) is 0 Å². The van der Waals surface area contributed by atoms with E-state index in [2.05, 4.69) is 0 Å². The van der Waals surface area contributed by atoms with Crippen LogP contribution in [0.1, 0.15) is 25.3 Å². The van der Waals surface area contributed by atoms with Crippen LogP contribution < -0.4 is 0 Å². The number of unbranched alkanes of at least 4 members (excludes halogenated alkanes) is 1. The Kier molecular flexibility index (Phi) is 7.74. The van der Waals surface area contributed by atoms with Crippen molar-refractivity contribution in [2.24, 2.45) is 0 Å². The van der Waals surface area contributed by atoms with Gasteiger partial charge in [-0.2, -0.15) is 0 Å². The average Bonchev–Trinajstić information content (AvgIpc) is 2.42. The van der Waals surface area contributed by atoms with E-state index in [9.17, 15) is 5.11 Å². The maximum absolute atomic E-state index is 9.85. The third kappa shape index (κ3) is 6.20. The molecule has 0 aliphatic carbocycles. The molecule has 3 heteroatoms. The Morgan fingerprint density at radius 1 is 1.33 bits per heavy atom. The van der Waals surface area contributed by atoms with Gasteiger partial charge in [0.2, 0.25) is 0 Å². The van der Waals surface area contributed by atoms with Gasteiger partial charge in [-0.1, -0.05) is 42.5 Å². The number of alkyl halides is 1. The number of ether oxygens (including phenoxy) is 1. The van der Waals surface area contributed by atoms with Crippen molar-refractivity contribution in [1.82, 2.24) is 0 Å². The number of hydrogen-bond donors (Lipinski definition) is 1. The van der Waals surface area contributed by atoms with E-state index < -0.39 is 6.10 Å². The quantitative estimate of drug-likeness (QED) is 0.444. The van der Waals surface area contributed by atoms with Crippen LogP contribution in [-0.2, 0) is 11.3 Å². The van der Waals surface area contributed by atoms with E-state index in [1.807, 2.05) is 43.3 Å². The number of benzene rings is 1. The molecule has 0 unspecified atom stereocenters. The normalized spacial score (nSPS) is 14.8. The molecular formula is C15H21ClO2. The van der Waals surface area contributed by atoms with Crippen LogP contribution in [0, 0.1) is 0 Å². The fourth-order valence-corrected chi connectivity index (χ4v) is 1.64. The van der Waals surface area contributed by atoms with Crippen molar-refractivity contribution in [1.29, 1.82) is 0 Å². The first-order valence-corrected chi connectivity index (χ1v) is 6.83. The Labute approximate surface area is 114 Å². The van der Waals surface area contributed by atoms with Crippen molar-refractivity contribution in [3.8, 4) is 0 Å². The lowest BCUT2D eigenvalue weighted by Gasteiger charge is -2.16. The van der Waals surface area contributed by atoms with Crippen molar-refractivity contribution in [3.05, 3.63) is 48.0 Å². The Balaban J connectivity index is 2.27. The molecule has 0 amide bonds. The lowest BCUT2D eigenvalue weighted by molar-refractivity contribution is -0.0153. The molecule has 100 valence electrons. The van der Waals surface area contributed by atoms with Gasteiger partial charge in [-0.25, -0.2) is 0 Å². The van der Waals surface area contributed by atoms with Crippen molar-refractivity contribution >= 4 is 11.6 Å². The predicted molar refractivity (Wildman–Crippen MR) is 75.8 cm³/mol. The molecule has 0 heterocycles. The summed E-state index contributed by atoms with van der Waals surface area (Å²) in [5.74, 6) is 0.653. The summed E-state index contributed by atoms with van der Waals surface area (Å²) in [4.78, 5) is 0. The molecule has 0 fully saturated rings. The van der Waals surface area contributed by atoms with E-state index >= 15 is 0 Å². The molecule has 0 saturated carbocycles. The highest BCUT2D eigenvalue weighted by atomic mass is 35.5. The van der Waals surface area contributed by atoms with Crippen LogP contribution in [0.4, 0.5) is 0 Å². The van der Waals surface area contributed by atoms with Crippen LogP contribution in [0.2, 0.25) is 0 Å². The summed E-state index contributed by atoms with van der Waals surface area (Å²) in [6.07, 6.45) is 4.79. The van der Waals surface area contributed by atoms with Gasteiger partial charge in [0.25, 0.3) is 0 Å². The van der Waals surface area contributed by atoms with Crippen LogP contribution in [0.25, 0.3) is 0 Å². The fourth-order valence-electron chi connectivity index (χ4n) is 1.49. The molecule has 2 atom stereocenters. The summed E-state index contributed by atoms with van der Waals surface area (Å²) in [6, 6.07) is 9.95. The summed E-state index contributed by atoms with van der Waals surface area (Å²) in [5.41, 5.74) is 1.11. The van der Waals surface area contributed by atoms with Gasteiger partial charge in [0.05, 0.1) is 18.8 Å². The molecular weight excluding hydrogens is 248 g/mol. The lowest BCUT2D eigenvalue weighted by atomic mass is 10.2. The van der Waals surface area contributed by atoms with Crippen molar-refractivity contribution < 1.29 is 9.84 Å². The number of aliphatic hydroxyl groups is 1. The second-order valence-electron chi connectivity index (χ2n) is 4.25. The molecule has 18 heavy (non-hydrogen) atoms. The topological polar surface area (TPSA) is 29.5 Å². The third-order valence-electron chi connectivity index (χ3n) is 2.67. The van der Waals surface area contributed by atoms with Crippen LogP contribution >= 0.6 is 11.6 Å². The van der Waals surface area contributed by atoms with E-state index in [0.717, 1.165) is 18.4 Å². The van der Waals surface area contributed by atoms with Crippen molar-refractivity contribution in [2.75, 3.05) is 5.88 Å². The zero-order chi connectivity index (χ0) is 13.2. The van der Waals surface area contributed by atoms with E-state index in [1.54, 1.807) is 6.08 Å². The molecule has 2 nitrogen and oxygen atoms in total. The summed E-state index contributed by atoms with van der Waals surface area (Å²) < 4.78 is 5.62. The monoisotopic (exact) mass is 268 g/mol. The number of halogens is 1. The second kappa shape index (κ2) is 9.15. The Hall–Kier alpha value is -0.830. The number of rotatable bonds is 8. The van der Waals surface area contributed by atoms with E-state index in [1.165, 1.54) is 0 Å². The van der Waals surface area contributed by atoms with Gasteiger partial charge in [0.1, 0.15) is 0 Å². The molecule has 0 radical (unpaired) electrons. The van der Waals surface area contributed by atoms with Crippen LogP contribution in [0.5, 0.6) is 0 Å². The minimum absolute atomic E-state index is 0.211. The molecule has 1 aromatic rings. The van der Waals surface area contributed by atoms with E-state index in [0.29, 0.717) is 12.5 Å². The standard InChI is InChI=1S/C15H21ClO2/c1-13(15(17)10-6-3-7-11-16)18-12-14-8-4-2-5-9-14/h2,4-6,8-10,13,15,17H,3,7,11-12H2,1H3/b10-6+/t13-,15-/m0/s1. The third-order valence-corrected chi connectivity index (χ3v) is 2.94. The highest BCUT2D eigenvalue weighted by Crippen LogP contribution is 2.07. The average molecular weight is 269 g/mol. The number of allylic oxidation sites excluding steroid dienone is 1. The maximum Gasteiger partial charge on any atom is 0.0980 e. The van der Waals surface area contributed by atoms with Gasteiger partial charge >= 0.3 is 0 Å². The van der Waals surface area contributed by atoms with Crippen LogP contribution in [-0.4, -0.2) is 23.2 Å². The van der Waals surface area contributed by atoms with Crippen molar-refractivity contribution in [2.45, 2.75) is 38.6 Å². The highest BCUT2D eigenvalue weighted by Gasteiger charge is 2.11. The number of aliphatic hydroxyl groups excluding tert-OH is 1. The molecule has 0 spiro atoms. The lowest BCUT2D eigenvalue weighted by Crippen LogP contribution is -2.23. The van der Waals surface area contributed by atoms with Gasteiger partial charge in [0, 0.05) is 5.88 Å². The molecule has 0 saturated heterocycles. The molecule has 0 aliphatic rings. The zero-order valence-electron chi connectivity index (χ0n) is 10.8. The van der Waals surface area contributed by atoms with Gasteiger partial charge in [-0.3, -0.25) is 0 Å². The zero-order valence-corrected chi connectivity index (χ0v) is 11.5. The minimum Gasteiger partial charge on any atom is -0.386 e. The number of hydrogen-bond acceptors (Lipinski definition) is 2. The molecule has 0 aliphatic heterocycles. The van der Waals surface area contributed by atoms with Gasteiger partial charge in [-0.05, 0) is 25.3 Å². The predicted octanol–water partition coefficient (Wildman–Crippen LogP) is 3.53. The fraction of sp³-hybridized carbons (Fsp3) is 0.467. The maximum atomic E-state index is 9.85. The summed E-state index contributed by atoms with van der Waals surface area (Å²) in [5, 5.41) is 9.85. The molecule has 0 aromatic heterocycles. The van der Waals surface area contributed by atoms with Crippen LogP contribution in [0.3, 0.4) is 0 Å². The first-order valence-electron chi connectivity index (χ1n) is 6.30. The first-order chi connectivity index (χ1) is 8.74. The van der Waals surface area contributed by atoms with Gasteiger partial charge in [-0.15, -0.1) is 11.6 Å². The minimum atomic E-state index is -0.566. The SMILES string of the molecule is C[C@H](OCc1ccccc1)[C@@H](O)/C=C/CCCCl. The summed E-state index contributed by atoms with van der Waals surface area (Å²) in [7, 11) is 0. The van der Waals surface area contributed by atoms with E-state index in [-0.39, 0.29) is 6.10 Å². The Morgan fingerprint density at radius 2 is 2.06 bits per heavy atom. The second-order valence-corrected chi connectivity index (χ2v) is 4.63.